The molecule has 2 aliphatic rings. The van der Waals surface area contributed by atoms with Crippen molar-refractivity contribution in [3.63, 3.8) is 0 Å². The van der Waals surface area contributed by atoms with Gasteiger partial charge in [-0.1, -0.05) is 6.92 Å². The van der Waals surface area contributed by atoms with Crippen molar-refractivity contribution in [3.05, 3.63) is 18.6 Å². The quantitative estimate of drug-likeness (QED) is 0.635. The molecule has 3 heterocycles. The predicted octanol–water partition coefficient (Wildman–Crippen LogP) is 1.98. The fraction of sp³-hybridized carbons (Fsp3) is 0.583. The minimum Gasteiger partial charge on any atom is -0.446 e. The zero-order chi connectivity index (χ0) is 25.8. The topological polar surface area (TPSA) is 159 Å². The van der Waals surface area contributed by atoms with Crippen LogP contribution in [0.3, 0.4) is 0 Å². The Balaban J connectivity index is 1.47. The van der Waals surface area contributed by atoms with Gasteiger partial charge in [-0.25, -0.2) is 19.6 Å². The summed E-state index contributed by atoms with van der Waals surface area (Å²) in [6.45, 7) is 3.29. The molecule has 3 amide bonds. The molecule has 36 heavy (non-hydrogen) atoms. The number of carbonyl (C=O) groups excluding carboxylic acids is 3. The van der Waals surface area contributed by atoms with Gasteiger partial charge >= 0.3 is 12.1 Å². The van der Waals surface area contributed by atoms with E-state index in [1.54, 1.807) is 11.1 Å². The molecule has 1 aliphatic heterocycles. The second-order valence-electron chi connectivity index (χ2n) is 9.60. The fourth-order valence-electron chi connectivity index (χ4n) is 5.23. The molecule has 1 saturated carbocycles. The third-order valence-corrected chi connectivity index (χ3v) is 7.30. The van der Waals surface area contributed by atoms with Crippen molar-refractivity contribution >= 4 is 34.9 Å². The van der Waals surface area contributed by atoms with Crippen LogP contribution in [0.2, 0.25) is 0 Å². The van der Waals surface area contributed by atoms with Crippen molar-refractivity contribution in [2.45, 2.75) is 63.6 Å². The van der Waals surface area contributed by atoms with Crippen molar-refractivity contribution in [1.82, 2.24) is 24.8 Å². The summed E-state index contributed by atoms with van der Waals surface area (Å²) in [5.41, 5.74) is 5.59. The van der Waals surface area contributed by atoms with Gasteiger partial charge in [0, 0.05) is 32.4 Å². The van der Waals surface area contributed by atoms with Crippen LogP contribution >= 0.6 is 0 Å². The molecule has 192 valence electrons. The van der Waals surface area contributed by atoms with E-state index >= 15 is 0 Å². The smallest absolute Gasteiger partial charge is 0.404 e. The Labute approximate surface area is 209 Å². The van der Waals surface area contributed by atoms with Gasteiger partial charge in [0.1, 0.15) is 24.7 Å². The Morgan fingerprint density at radius 3 is 2.69 bits per heavy atom. The van der Waals surface area contributed by atoms with Crippen LogP contribution < -0.4 is 16.0 Å². The van der Waals surface area contributed by atoms with Gasteiger partial charge in [0.05, 0.1) is 17.5 Å². The lowest BCUT2D eigenvalue weighted by Gasteiger charge is -2.42. The molecule has 0 radical (unpaired) electrons. The van der Waals surface area contributed by atoms with Crippen molar-refractivity contribution in [3.8, 4) is 6.07 Å². The minimum absolute atomic E-state index is 0.00877. The number of hydrogen-bond donors (Lipinski definition) is 2. The number of piperidine rings is 1. The number of fused-ring (bicyclic) bond motifs is 1. The average molecular weight is 497 g/mol. The maximum absolute atomic E-state index is 13.1. The van der Waals surface area contributed by atoms with Crippen LogP contribution in [0.1, 0.15) is 45.4 Å². The number of nitrogens with zero attached hydrogens (tertiary/aromatic N) is 6. The standard InChI is InChI=1S/C24H32N8O4/c1-15-8-11-31(20(33)7-10-25)13-19(15)30(2)21-18-9-12-32(22(18)28-14-27-21)24(35)29-16-3-5-17(6-4-16)36-23(26)34/h9,12,14-17,19H,3-8,11,13H2,1-2H3,(H2,26,34)(H,29,35)/t15-,16?,17?,19+/m1/s1. The number of primary amides is 1. The van der Waals surface area contributed by atoms with Gasteiger partial charge in [-0.3, -0.25) is 9.36 Å². The number of nitrogens with one attached hydrogen (secondary N) is 1. The first-order valence-electron chi connectivity index (χ1n) is 12.2. The molecule has 4 rings (SSSR count). The van der Waals surface area contributed by atoms with E-state index in [0.29, 0.717) is 56.2 Å². The third kappa shape index (κ3) is 5.35. The van der Waals surface area contributed by atoms with Crippen molar-refractivity contribution in [1.29, 1.82) is 5.26 Å². The van der Waals surface area contributed by atoms with Crippen LogP contribution in [0.15, 0.2) is 18.6 Å². The highest BCUT2D eigenvalue weighted by atomic mass is 16.6. The zero-order valence-corrected chi connectivity index (χ0v) is 20.6. The first kappa shape index (κ1) is 25.2. The summed E-state index contributed by atoms with van der Waals surface area (Å²) >= 11 is 0. The van der Waals surface area contributed by atoms with Crippen LogP contribution in [0.5, 0.6) is 0 Å². The molecule has 0 spiro atoms. The maximum Gasteiger partial charge on any atom is 0.404 e. The normalized spacial score (nSPS) is 24.1. The Morgan fingerprint density at radius 2 is 2.00 bits per heavy atom. The van der Waals surface area contributed by atoms with Gasteiger partial charge in [0.15, 0.2) is 5.65 Å². The van der Waals surface area contributed by atoms with E-state index in [-0.39, 0.29) is 36.5 Å². The summed E-state index contributed by atoms with van der Waals surface area (Å²) in [4.78, 5) is 49.0. The van der Waals surface area contributed by atoms with Crippen LogP contribution in [0.25, 0.3) is 11.0 Å². The molecule has 2 atom stereocenters. The number of nitriles is 1. The fourth-order valence-corrected chi connectivity index (χ4v) is 5.23. The number of likely N-dealkylation sites (tertiary alicyclic amines) is 1. The van der Waals surface area contributed by atoms with Gasteiger partial charge in [0.2, 0.25) is 5.91 Å². The van der Waals surface area contributed by atoms with Gasteiger partial charge in [0.25, 0.3) is 0 Å². The van der Waals surface area contributed by atoms with Gasteiger partial charge in [-0.15, -0.1) is 0 Å². The number of nitrogens with two attached hydrogens (primary N) is 1. The number of likely N-dealkylation sites (N-methyl/N-ethyl adjacent to an activating group) is 1. The number of hydrogen-bond acceptors (Lipinski definition) is 8. The van der Waals surface area contributed by atoms with E-state index in [9.17, 15) is 14.4 Å². The molecular formula is C24H32N8O4. The Morgan fingerprint density at radius 1 is 1.25 bits per heavy atom. The third-order valence-electron chi connectivity index (χ3n) is 7.30. The highest BCUT2D eigenvalue weighted by Crippen LogP contribution is 2.30. The Hall–Kier alpha value is -3.88. The molecule has 3 N–H and O–H groups in total. The first-order valence-corrected chi connectivity index (χ1v) is 12.2. The lowest BCUT2D eigenvalue weighted by Crippen LogP contribution is -2.52. The Bertz CT molecular complexity index is 1170. The molecule has 1 saturated heterocycles. The van der Waals surface area contributed by atoms with E-state index in [1.807, 2.05) is 24.1 Å². The van der Waals surface area contributed by atoms with E-state index in [2.05, 4.69) is 22.2 Å². The second kappa shape index (κ2) is 10.8. The van der Waals surface area contributed by atoms with Crippen LogP contribution in [-0.2, 0) is 9.53 Å². The summed E-state index contributed by atoms with van der Waals surface area (Å²) in [5, 5.41) is 12.7. The lowest BCUT2D eigenvalue weighted by molar-refractivity contribution is -0.131. The summed E-state index contributed by atoms with van der Waals surface area (Å²) in [6.07, 6.45) is 5.51. The highest BCUT2D eigenvalue weighted by Gasteiger charge is 2.33. The maximum atomic E-state index is 13.1. The van der Waals surface area contributed by atoms with Crippen molar-refractivity contribution in [2.24, 2.45) is 11.7 Å². The second-order valence-corrected chi connectivity index (χ2v) is 9.60. The SMILES string of the molecule is C[C@@H]1CCN(C(=O)CC#N)C[C@@H]1N(C)c1ncnc2c1ccn2C(=O)NC1CCC(OC(N)=O)CC1. The molecule has 0 aromatic carbocycles. The van der Waals surface area contributed by atoms with E-state index < -0.39 is 6.09 Å². The molecule has 0 unspecified atom stereocenters. The first-order chi connectivity index (χ1) is 17.3. The van der Waals surface area contributed by atoms with Crippen LogP contribution in [-0.4, -0.2) is 75.8 Å². The zero-order valence-electron chi connectivity index (χ0n) is 20.6. The van der Waals surface area contributed by atoms with Crippen molar-refractivity contribution in [2.75, 3.05) is 25.0 Å². The molecule has 0 bridgehead atoms. The number of ether oxygens (including phenoxy) is 1. The minimum atomic E-state index is -0.772. The lowest BCUT2D eigenvalue weighted by atomic mass is 9.92. The predicted molar refractivity (Wildman–Crippen MR) is 131 cm³/mol. The highest BCUT2D eigenvalue weighted by molar-refractivity contribution is 5.95. The number of rotatable bonds is 5. The van der Waals surface area contributed by atoms with Crippen LogP contribution in [0, 0.1) is 17.2 Å². The van der Waals surface area contributed by atoms with Gasteiger partial charge in [-0.2, -0.15) is 5.26 Å². The molecular weight excluding hydrogens is 464 g/mol. The van der Waals surface area contributed by atoms with Crippen LogP contribution in [0.4, 0.5) is 15.4 Å². The van der Waals surface area contributed by atoms with E-state index in [4.69, 9.17) is 15.7 Å². The largest absolute Gasteiger partial charge is 0.446 e. The molecule has 12 nitrogen and oxygen atoms in total. The number of carbonyl (C=O) groups is 3. The van der Waals surface area contributed by atoms with E-state index in [0.717, 1.165) is 11.8 Å². The molecule has 2 fully saturated rings. The van der Waals surface area contributed by atoms with Gasteiger partial charge in [-0.05, 0) is 44.1 Å². The summed E-state index contributed by atoms with van der Waals surface area (Å²) in [5.74, 6) is 0.834. The number of aromatic nitrogens is 3. The molecule has 2 aromatic rings. The summed E-state index contributed by atoms with van der Waals surface area (Å²) in [7, 11) is 1.94. The monoisotopic (exact) mass is 496 g/mol. The molecule has 2 aromatic heterocycles. The summed E-state index contributed by atoms with van der Waals surface area (Å²) < 4.78 is 6.54. The van der Waals surface area contributed by atoms with E-state index in [1.165, 1.54) is 10.9 Å². The average Bonchev–Trinajstić information content (AvgIpc) is 3.29. The summed E-state index contributed by atoms with van der Waals surface area (Å²) in [6, 6.07) is 3.45. The molecule has 12 heteroatoms. The van der Waals surface area contributed by atoms with Gasteiger partial charge < -0.3 is 25.6 Å². The number of anilines is 1. The van der Waals surface area contributed by atoms with Crippen molar-refractivity contribution < 1.29 is 19.1 Å². The Kier molecular flexibility index (Phi) is 7.57. The number of amides is 3. The molecule has 1 aliphatic carbocycles.